The van der Waals surface area contributed by atoms with E-state index in [9.17, 15) is 9.59 Å². The zero-order chi connectivity index (χ0) is 27.2. The number of amides is 2. The minimum absolute atomic E-state index is 0.360. The lowest BCUT2D eigenvalue weighted by molar-refractivity contribution is 0.00704. The summed E-state index contributed by atoms with van der Waals surface area (Å²) in [5.41, 5.74) is 3.84. The Hall–Kier alpha value is -3.14. The molecule has 2 N–H and O–H groups in total. The van der Waals surface area contributed by atoms with Crippen molar-refractivity contribution in [1.29, 1.82) is 0 Å². The molecule has 1 aliphatic heterocycles. The van der Waals surface area contributed by atoms with Crippen LogP contribution in [0, 0.1) is 13.8 Å². The molecule has 4 heterocycles. The lowest BCUT2D eigenvalue weighted by atomic mass is 10.0. The third kappa shape index (κ3) is 5.36. The highest BCUT2D eigenvalue weighted by Gasteiger charge is 2.28. The third-order valence-corrected chi connectivity index (χ3v) is 9.04. The van der Waals surface area contributed by atoms with Crippen molar-refractivity contribution in [3.05, 3.63) is 62.3 Å². The minimum Gasteiger partial charge on any atom is -0.456 e. The topological polar surface area (TPSA) is 83.8 Å². The lowest BCUT2D eigenvalue weighted by Gasteiger charge is -2.23. The van der Waals surface area contributed by atoms with Crippen LogP contribution >= 0.6 is 22.7 Å². The van der Waals surface area contributed by atoms with Crippen molar-refractivity contribution >= 4 is 50.6 Å². The number of aryl methyl sites for hydroxylation is 1. The fraction of sp³-hybridized carbons (Fsp3) is 0.379. The first-order chi connectivity index (χ1) is 18.0. The molecule has 0 bridgehead atoms. The van der Waals surface area contributed by atoms with Crippen molar-refractivity contribution in [3.63, 3.8) is 0 Å². The Balaban J connectivity index is 1.39. The second kappa shape index (κ2) is 10.2. The number of esters is 1. The highest BCUT2D eigenvalue weighted by atomic mass is 32.1. The molecule has 0 aliphatic carbocycles. The molecule has 200 valence electrons. The van der Waals surface area contributed by atoms with E-state index in [1.165, 1.54) is 21.8 Å². The maximum Gasteiger partial charge on any atom is 0.341 e. The van der Waals surface area contributed by atoms with Crippen LogP contribution in [0.1, 0.15) is 57.6 Å². The zero-order valence-corrected chi connectivity index (χ0v) is 24.2. The summed E-state index contributed by atoms with van der Waals surface area (Å²) in [5.74, 6) is 0.389. The molecule has 5 rings (SSSR count). The SMILES string of the molecule is Cc1sc(NC(=O)NCc2c(-c3cc4ccccc4o3)sc3c2CCN(C)C3)c(C(=O)OC(C)(C)C)c1C. The van der Waals surface area contributed by atoms with E-state index in [1.54, 1.807) is 11.3 Å². The third-order valence-electron chi connectivity index (χ3n) is 6.65. The molecule has 0 saturated carbocycles. The molecule has 2 amide bonds. The monoisotopic (exact) mass is 551 g/mol. The first kappa shape index (κ1) is 26.5. The fourth-order valence-electron chi connectivity index (χ4n) is 4.68. The summed E-state index contributed by atoms with van der Waals surface area (Å²) in [5, 5.41) is 7.50. The number of rotatable bonds is 5. The standard InChI is InChI=1S/C29H33N3O4S2/c1-16-17(2)37-26(24(16)27(33)36-29(3,4)5)31-28(34)30-14-20-19-11-12-32(6)15-23(19)38-25(20)22-13-18-9-7-8-10-21(18)35-22/h7-10,13H,11-12,14-15H2,1-6H3,(H2,30,31,34). The Morgan fingerprint density at radius 2 is 1.92 bits per heavy atom. The quantitative estimate of drug-likeness (QED) is 0.258. The number of para-hydroxylation sites is 1. The van der Waals surface area contributed by atoms with E-state index in [4.69, 9.17) is 9.15 Å². The highest BCUT2D eigenvalue weighted by molar-refractivity contribution is 7.17. The number of hydrogen-bond acceptors (Lipinski definition) is 7. The van der Waals surface area contributed by atoms with E-state index in [0.29, 0.717) is 17.1 Å². The van der Waals surface area contributed by atoms with E-state index in [2.05, 4.69) is 28.6 Å². The van der Waals surface area contributed by atoms with Crippen molar-refractivity contribution < 1.29 is 18.7 Å². The molecule has 4 aromatic rings. The van der Waals surface area contributed by atoms with Gasteiger partial charge in [0.15, 0.2) is 0 Å². The summed E-state index contributed by atoms with van der Waals surface area (Å²) < 4.78 is 11.8. The number of urea groups is 1. The number of carbonyl (C=O) groups is 2. The van der Waals surface area contributed by atoms with E-state index in [-0.39, 0.29) is 6.03 Å². The van der Waals surface area contributed by atoms with Crippen molar-refractivity contribution in [2.75, 3.05) is 18.9 Å². The summed E-state index contributed by atoms with van der Waals surface area (Å²) in [7, 11) is 2.13. The van der Waals surface area contributed by atoms with Gasteiger partial charge in [-0.05, 0) is 76.9 Å². The smallest absolute Gasteiger partial charge is 0.341 e. The molecule has 0 unspecified atom stereocenters. The minimum atomic E-state index is -0.627. The molecular weight excluding hydrogens is 518 g/mol. The molecular formula is C29H33N3O4S2. The second-order valence-electron chi connectivity index (χ2n) is 10.7. The number of hydrogen-bond donors (Lipinski definition) is 2. The van der Waals surface area contributed by atoms with Gasteiger partial charge in [0.25, 0.3) is 0 Å². The number of thiophene rings is 2. The van der Waals surface area contributed by atoms with Gasteiger partial charge in [-0.25, -0.2) is 9.59 Å². The molecule has 0 radical (unpaired) electrons. The van der Waals surface area contributed by atoms with Crippen LogP contribution in [0.5, 0.6) is 0 Å². The van der Waals surface area contributed by atoms with Gasteiger partial charge in [-0.2, -0.15) is 0 Å². The van der Waals surface area contributed by atoms with Gasteiger partial charge in [0.1, 0.15) is 21.9 Å². The molecule has 0 saturated heterocycles. The average molecular weight is 552 g/mol. The van der Waals surface area contributed by atoms with Crippen LogP contribution in [0.25, 0.3) is 21.6 Å². The number of benzene rings is 1. The van der Waals surface area contributed by atoms with Gasteiger partial charge in [0.2, 0.25) is 0 Å². The highest BCUT2D eigenvalue weighted by Crippen LogP contribution is 2.41. The molecule has 7 nitrogen and oxygen atoms in total. The Morgan fingerprint density at radius 1 is 1.16 bits per heavy atom. The zero-order valence-electron chi connectivity index (χ0n) is 22.6. The van der Waals surface area contributed by atoms with E-state index >= 15 is 0 Å². The Labute approximate surface area is 230 Å². The number of nitrogens with zero attached hydrogens (tertiary/aromatic N) is 1. The average Bonchev–Trinajstić information content (AvgIpc) is 3.49. The first-order valence-corrected chi connectivity index (χ1v) is 14.3. The van der Waals surface area contributed by atoms with Gasteiger partial charge in [0.05, 0.1) is 10.4 Å². The van der Waals surface area contributed by atoms with Gasteiger partial charge in [-0.15, -0.1) is 22.7 Å². The summed E-state index contributed by atoms with van der Waals surface area (Å²) in [4.78, 5) is 31.6. The number of likely N-dealkylation sites (N-methyl/N-ethyl adjacent to an activating group) is 1. The van der Waals surface area contributed by atoms with Gasteiger partial charge in [-0.3, -0.25) is 5.32 Å². The molecule has 1 aliphatic rings. The van der Waals surface area contributed by atoms with E-state index in [1.807, 2.05) is 58.9 Å². The van der Waals surface area contributed by atoms with E-state index < -0.39 is 11.6 Å². The van der Waals surface area contributed by atoms with Crippen molar-refractivity contribution in [2.24, 2.45) is 0 Å². The summed E-state index contributed by atoms with van der Waals surface area (Å²) in [6, 6.07) is 9.70. The number of carbonyl (C=O) groups excluding carboxylic acids is 2. The number of anilines is 1. The fourth-order valence-corrected chi connectivity index (χ4v) is 7.13. The summed E-state index contributed by atoms with van der Waals surface area (Å²) in [6.45, 7) is 11.5. The number of furan rings is 1. The van der Waals surface area contributed by atoms with Gasteiger partial charge >= 0.3 is 12.0 Å². The van der Waals surface area contributed by atoms with Crippen LogP contribution in [0.15, 0.2) is 34.7 Å². The molecule has 0 atom stereocenters. The molecule has 9 heteroatoms. The van der Waals surface area contributed by atoms with Gasteiger partial charge in [0, 0.05) is 34.8 Å². The van der Waals surface area contributed by atoms with Crippen molar-refractivity contribution in [3.8, 4) is 10.6 Å². The number of fused-ring (bicyclic) bond motifs is 2. The Morgan fingerprint density at radius 3 is 2.66 bits per heavy atom. The molecule has 1 aromatic carbocycles. The number of ether oxygens (including phenoxy) is 1. The van der Waals surface area contributed by atoms with Crippen LogP contribution in [0.4, 0.5) is 9.80 Å². The van der Waals surface area contributed by atoms with Crippen LogP contribution in [-0.2, 0) is 24.2 Å². The summed E-state index contributed by atoms with van der Waals surface area (Å²) in [6.07, 6.45) is 0.924. The van der Waals surface area contributed by atoms with Crippen LogP contribution in [0.3, 0.4) is 0 Å². The second-order valence-corrected chi connectivity index (χ2v) is 13.1. The molecule has 0 spiro atoms. The lowest BCUT2D eigenvalue weighted by Crippen LogP contribution is -2.30. The van der Waals surface area contributed by atoms with Crippen molar-refractivity contribution in [1.82, 2.24) is 10.2 Å². The largest absolute Gasteiger partial charge is 0.456 e. The van der Waals surface area contributed by atoms with E-state index in [0.717, 1.165) is 57.1 Å². The van der Waals surface area contributed by atoms with Crippen molar-refractivity contribution in [2.45, 2.75) is 59.7 Å². The van der Waals surface area contributed by atoms with Gasteiger partial charge in [-0.1, -0.05) is 18.2 Å². The summed E-state index contributed by atoms with van der Waals surface area (Å²) >= 11 is 3.12. The predicted molar refractivity (Wildman–Crippen MR) is 154 cm³/mol. The first-order valence-electron chi connectivity index (χ1n) is 12.7. The maximum atomic E-state index is 13.1. The molecule has 38 heavy (non-hydrogen) atoms. The number of nitrogens with one attached hydrogen (secondary N) is 2. The maximum absolute atomic E-state index is 13.1. The van der Waals surface area contributed by atoms with Gasteiger partial charge < -0.3 is 19.4 Å². The molecule has 3 aromatic heterocycles. The normalized spacial score (nSPS) is 13.9. The van der Waals surface area contributed by atoms with Crippen LogP contribution in [-0.4, -0.2) is 36.1 Å². The van der Waals surface area contributed by atoms with Crippen LogP contribution < -0.4 is 10.6 Å². The predicted octanol–water partition coefficient (Wildman–Crippen LogP) is 7.10. The Kier molecular flexibility index (Phi) is 7.11. The van der Waals surface area contributed by atoms with Crippen LogP contribution in [0.2, 0.25) is 0 Å². The molecule has 0 fully saturated rings. The Bertz CT molecular complexity index is 1490.